The Balaban J connectivity index is 1.13. The highest BCUT2D eigenvalue weighted by Gasteiger charge is 2.23. The first kappa shape index (κ1) is 33.6. The number of amides is 1. The Bertz CT molecular complexity index is 2320. The molecular formula is C41H39N7O3. The van der Waals surface area contributed by atoms with E-state index < -0.39 is 0 Å². The highest BCUT2D eigenvalue weighted by atomic mass is 16.5. The van der Waals surface area contributed by atoms with Crippen LogP contribution in [0.25, 0.3) is 38.8 Å². The van der Waals surface area contributed by atoms with Gasteiger partial charge in [-0.05, 0) is 92.3 Å². The molecule has 0 aliphatic heterocycles. The van der Waals surface area contributed by atoms with Gasteiger partial charge in [-0.1, -0.05) is 18.2 Å². The number of ketones is 1. The van der Waals surface area contributed by atoms with Crippen molar-refractivity contribution in [1.82, 2.24) is 24.3 Å². The van der Waals surface area contributed by atoms with Gasteiger partial charge in [-0.3, -0.25) is 14.6 Å². The molecule has 6 aromatic rings. The van der Waals surface area contributed by atoms with Crippen LogP contribution < -0.4 is 10.6 Å². The number of imidazole rings is 1. The van der Waals surface area contributed by atoms with E-state index in [9.17, 15) is 14.9 Å². The molecule has 0 spiro atoms. The summed E-state index contributed by atoms with van der Waals surface area (Å²) in [5.41, 5.74) is 9.08. The van der Waals surface area contributed by atoms with Crippen LogP contribution in [0.4, 0.5) is 5.69 Å². The molecule has 2 aromatic carbocycles. The number of rotatable bonds is 10. The van der Waals surface area contributed by atoms with Crippen molar-refractivity contribution >= 4 is 33.9 Å². The zero-order valence-electron chi connectivity index (χ0n) is 28.9. The number of ether oxygens (including phenoxy) is 1. The average molecular weight is 678 g/mol. The fourth-order valence-electron chi connectivity index (χ4n) is 7.18. The van der Waals surface area contributed by atoms with Gasteiger partial charge in [0.1, 0.15) is 6.07 Å². The average Bonchev–Trinajstić information content (AvgIpc) is 3.76. The summed E-state index contributed by atoms with van der Waals surface area (Å²) in [4.78, 5) is 35.8. The van der Waals surface area contributed by atoms with Crippen LogP contribution >= 0.6 is 0 Å². The number of hydrogen-bond donors (Lipinski definition) is 2. The van der Waals surface area contributed by atoms with E-state index in [1.807, 2.05) is 65.1 Å². The third-order valence-corrected chi connectivity index (χ3v) is 9.82. The van der Waals surface area contributed by atoms with Crippen LogP contribution in [-0.2, 0) is 16.6 Å². The van der Waals surface area contributed by atoms with Crippen LogP contribution in [0.1, 0.15) is 52.9 Å². The zero-order valence-corrected chi connectivity index (χ0v) is 28.9. The van der Waals surface area contributed by atoms with Crippen LogP contribution in [0, 0.1) is 18.3 Å². The fourth-order valence-corrected chi connectivity index (χ4v) is 7.18. The maximum atomic E-state index is 14.0. The number of aryl methyl sites for hydroxylation is 2. The number of anilines is 1. The van der Waals surface area contributed by atoms with Gasteiger partial charge >= 0.3 is 0 Å². The lowest BCUT2D eigenvalue weighted by molar-refractivity contribution is -0.111. The topological polar surface area (TPSA) is 126 Å². The van der Waals surface area contributed by atoms with Crippen molar-refractivity contribution in [2.75, 3.05) is 19.0 Å². The Morgan fingerprint density at radius 2 is 1.88 bits per heavy atom. The second-order valence-corrected chi connectivity index (χ2v) is 13.0. The fraction of sp³-hybridized carbons (Fsp3) is 0.244. The highest BCUT2D eigenvalue weighted by Crippen LogP contribution is 2.41. The molecule has 0 radical (unpaired) electrons. The number of benzene rings is 2. The summed E-state index contributed by atoms with van der Waals surface area (Å²) in [6.07, 6.45) is 15.0. The summed E-state index contributed by atoms with van der Waals surface area (Å²) in [6, 6.07) is 21.2. The minimum atomic E-state index is -0.342. The Labute approximate surface area is 296 Å². The SMILES string of the molecule is CO[C@H]1CC[C@H](NC/C=C/C(=O)Nc2ccc(C(=O)c3ccc4c(-c5c(C)cc6c(ncn6C)c5-c5cccnc5)cccn34)cc2C#N)CC1. The van der Waals surface area contributed by atoms with E-state index in [1.165, 1.54) is 12.1 Å². The Hall–Kier alpha value is -5.89. The van der Waals surface area contributed by atoms with Gasteiger partial charge in [0.15, 0.2) is 0 Å². The molecule has 51 heavy (non-hydrogen) atoms. The largest absolute Gasteiger partial charge is 0.381 e. The van der Waals surface area contributed by atoms with Gasteiger partial charge < -0.3 is 24.3 Å². The van der Waals surface area contributed by atoms with Crippen molar-refractivity contribution in [1.29, 1.82) is 5.26 Å². The first-order valence-electron chi connectivity index (χ1n) is 17.1. The van der Waals surface area contributed by atoms with Crippen molar-refractivity contribution in [3.05, 3.63) is 120 Å². The monoisotopic (exact) mass is 677 g/mol. The lowest BCUT2D eigenvalue weighted by atomic mass is 9.90. The Morgan fingerprint density at radius 1 is 1.04 bits per heavy atom. The molecule has 256 valence electrons. The molecule has 1 aliphatic carbocycles. The van der Waals surface area contributed by atoms with Gasteiger partial charge in [0.25, 0.3) is 0 Å². The molecule has 1 saturated carbocycles. The number of fused-ring (bicyclic) bond motifs is 2. The molecule has 0 unspecified atom stereocenters. The molecule has 7 rings (SSSR count). The molecule has 1 fully saturated rings. The molecule has 2 N–H and O–H groups in total. The number of nitrogens with zero attached hydrogens (tertiary/aromatic N) is 5. The summed E-state index contributed by atoms with van der Waals surface area (Å²) >= 11 is 0. The molecule has 0 bridgehead atoms. The van der Waals surface area contributed by atoms with Crippen LogP contribution in [0.2, 0.25) is 0 Å². The first-order valence-corrected chi connectivity index (χ1v) is 17.1. The van der Waals surface area contributed by atoms with Gasteiger partial charge in [0.05, 0.1) is 45.9 Å². The van der Waals surface area contributed by atoms with Gasteiger partial charge in [-0.2, -0.15) is 5.26 Å². The lowest BCUT2D eigenvalue weighted by Gasteiger charge is -2.27. The van der Waals surface area contributed by atoms with E-state index in [1.54, 1.807) is 31.5 Å². The number of aromatic nitrogens is 4. The van der Waals surface area contributed by atoms with E-state index in [-0.39, 0.29) is 17.3 Å². The number of methoxy groups -OCH3 is 1. The van der Waals surface area contributed by atoms with Crippen molar-refractivity contribution in [2.24, 2.45) is 7.05 Å². The van der Waals surface area contributed by atoms with Crippen LogP contribution in [0.5, 0.6) is 0 Å². The van der Waals surface area contributed by atoms with E-state index in [4.69, 9.17) is 9.72 Å². The van der Waals surface area contributed by atoms with Crippen LogP contribution in [0.3, 0.4) is 0 Å². The van der Waals surface area contributed by atoms with Crippen molar-refractivity contribution in [2.45, 2.75) is 44.8 Å². The molecule has 4 heterocycles. The predicted octanol–water partition coefficient (Wildman–Crippen LogP) is 7.01. The molecule has 0 saturated heterocycles. The zero-order chi connectivity index (χ0) is 35.5. The van der Waals surface area contributed by atoms with Gasteiger partial charge in [-0.25, -0.2) is 4.98 Å². The minimum Gasteiger partial charge on any atom is -0.381 e. The summed E-state index contributed by atoms with van der Waals surface area (Å²) in [6.45, 7) is 2.66. The van der Waals surface area contributed by atoms with Crippen molar-refractivity contribution in [3.8, 4) is 28.3 Å². The normalized spacial score (nSPS) is 16.1. The molecule has 10 nitrogen and oxygen atoms in total. The number of pyridine rings is 2. The number of nitriles is 1. The third-order valence-electron chi connectivity index (χ3n) is 9.82. The second-order valence-electron chi connectivity index (χ2n) is 13.0. The van der Waals surface area contributed by atoms with E-state index in [2.05, 4.69) is 40.7 Å². The summed E-state index contributed by atoms with van der Waals surface area (Å²) < 4.78 is 9.33. The number of nitrogens with one attached hydrogen (secondary N) is 2. The Morgan fingerprint density at radius 3 is 2.65 bits per heavy atom. The minimum absolute atomic E-state index is 0.206. The Kier molecular flexibility index (Phi) is 9.57. The van der Waals surface area contributed by atoms with Crippen LogP contribution in [-0.4, -0.2) is 56.4 Å². The maximum Gasteiger partial charge on any atom is 0.248 e. The first-order chi connectivity index (χ1) is 24.9. The third kappa shape index (κ3) is 6.69. The predicted molar refractivity (Wildman–Crippen MR) is 198 cm³/mol. The standard InChI is InChI=1S/C41H39N7O3/c1-26-21-36-40(45-25-47(36)2)39(28-7-4-18-43-24-28)38(26)32-8-6-20-48-34(32)16-17-35(48)41(50)27-10-15-33(29(22-27)23-42)46-37(49)9-5-19-44-30-11-13-31(51-3)14-12-30/h4-10,15-18,20-22,24-25,30-31,44H,11-14,19H2,1-3H3,(H,46,49)/b9-5+/t30-,31-. The molecule has 10 heteroatoms. The van der Waals surface area contributed by atoms with E-state index in [0.717, 1.165) is 70.1 Å². The number of hydrogen-bond acceptors (Lipinski definition) is 7. The summed E-state index contributed by atoms with van der Waals surface area (Å²) in [5, 5.41) is 16.2. The molecule has 1 amide bonds. The van der Waals surface area contributed by atoms with Gasteiger partial charge in [0, 0.05) is 73.7 Å². The lowest BCUT2D eigenvalue weighted by Crippen LogP contribution is -2.35. The number of carbonyl (C=O) groups is 2. The molecular weight excluding hydrogens is 638 g/mol. The van der Waals surface area contributed by atoms with E-state index in [0.29, 0.717) is 35.6 Å². The number of carbonyl (C=O) groups excluding carboxylic acids is 2. The van der Waals surface area contributed by atoms with Crippen molar-refractivity contribution < 1.29 is 14.3 Å². The van der Waals surface area contributed by atoms with Gasteiger partial charge in [-0.15, -0.1) is 0 Å². The van der Waals surface area contributed by atoms with Gasteiger partial charge in [0.2, 0.25) is 11.7 Å². The molecule has 1 aliphatic rings. The summed E-state index contributed by atoms with van der Waals surface area (Å²) in [7, 11) is 3.74. The quantitative estimate of drug-likeness (QED) is 0.118. The smallest absolute Gasteiger partial charge is 0.248 e. The molecule has 4 aromatic heterocycles. The second kappa shape index (κ2) is 14.5. The maximum absolute atomic E-state index is 14.0. The van der Waals surface area contributed by atoms with E-state index >= 15 is 0 Å². The molecule has 0 atom stereocenters. The van der Waals surface area contributed by atoms with Crippen molar-refractivity contribution in [3.63, 3.8) is 0 Å². The highest BCUT2D eigenvalue weighted by molar-refractivity contribution is 6.11. The summed E-state index contributed by atoms with van der Waals surface area (Å²) in [5.74, 6) is -0.582. The van der Waals surface area contributed by atoms with Crippen LogP contribution in [0.15, 0.2) is 97.7 Å².